The fraction of sp³-hybridized carbons (Fsp3) is 0.769. The Bertz CT molecular complexity index is 365. The Morgan fingerprint density at radius 1 is 1.10 bits per heavy atom. The second-order valence-corrected chi connectivity index (χ2v) is 5.11. The van der Waals surface area contributed by atoms with Gasteiger partial charge in [0.1, 0.15) is 0 Å². The number of nitrogens with one attached hydrogen (secondary N) is 1. The van der Waals surface area contributed by atoms with Crippen molar-refractivity contribution in [2.45, 2.75) is 26.7 Å². The lowest BCUT2D eigenvalue weighted by Crippen LogP contribution is -2.53. The predicted molar refractivity (Wildman–Crippen MR) is 73.3 cm³/mol. The highest BCUT2D eigenvalue weighted by Gasteiger charge is 2.24. The van der Waals surface area contributed by atoms with E-state index < -0.39 is 5.97 Å². The molecule has 0 spiro atoms. The molecule has 1 aliphatic heterocycles. The zero-order valence-electron chi connectivity index (χ0n) is 12.1. The molecule has 0 aromatic heterocycles. The number of urea groups is 1. The summed E-state index contributed by atoms with van der Waals surface area (Å²) in [7, 11) is 0. The van der Waals surface area contributed by atoms with Crippen molar-refractivity contribution in [3.63, 3.8) is 0 Å². The fourth-order valence-electron chi connectivity index (χ4n) is 2.22. The summed E-state index contributed by atoms with van der Waals surface area (Å²) in [5, 5.41) is 11.4. The zero-order chi connectivity index (χ0) is 15.1. The minimum Gasteiger partial charge on any atom is -0.481 e. The average Bonchev–Trinajstić information content (AvgIpc) is 2.38. The van der Waals surface area contributed by atoms with E-state index in [1.165, 1.54) is 0 Å². The average molecular weight is 285 g/mol. The molecular formula is C13H23N3O4. The number of hydrogen-bond acceptors (Lipinski definition) is 3. The van der Waals surface area contributed by atoms with Gasteiger partial charge in [-0.15, -0.1) is 0 Å². The lowest BCUT2D eigenvalue weighted by Gasteiger charge is -2.35. The molecule has 0 aromatic carbocycles. The number of carboxylic acid groups (broad SMARTS) is 1. The van der Waals surface area contributed by atoms with Crippen molar-refractivity contribution >= 4 is 17.9 Å². The van der Waals surface area contributed by atoms with Gasteiger partial charge in [-0.05, 0) is 12.8 Å². The van der Waals surface area contributed by atoms with Gasteiger partial charge in [-0.1, -0.05) is 6.92 Å². The van der Waals surface area contributed by atoms with Gasteiger partial charge in [0, 0.05) is 45.6 Å². The zero-order valence-corrected chi connectivity index (χ0v) is 12.1. The molecule has 1 fully saturated rings. The number of amides is 3. The van der Waals surface area contributed by atoms with Crippen LogP contribution in [0.4, 0.5) is 4.79 Å². The van der Waals surface area contributed by atoms with Gasteiger partial charge in [0.05, 0.1) is 0 Å². The molecule has 20 heavy (non-hydrogen) atoms. The Morgan fingerprint density at radius 2 is 1.65 bits per heavy atom. The first-order chi connectivity index (χ1) is 9.43. The van der Waals surface area contributed by atoms with E-state index in [2.05, 4.69) is 5.32 Å². The van der Waals surface area contributed by atoms with Crippen LogP contribution in [0.2, 0.25) is 0 Å². The Hall–Kier alpha value is -1.79. The van der Waals surface area contributed by atoms with Crippen molar-refractivity contribution in [3.05, 3.63) is 0 Å². The van der Waals surface area contributed by atoms with Crippen LogP contribution in [0.3, 0.4) is 0 Å². The highest BCUT2D eigenvalue weighted by molar-refractivity contribution is 5.78. The number of carboxylic acids is 1. The predicted octanol–water partition coefficient (Wildman–Crippen LogP) is 0.361. The normalized spacial score (nSPS) is 16.7. The summed E-state index contributed by atoms with van der Waals surface area (Å²) in [6.07, 6.45) is 0.248. The Labute approximate surface area is 118 Å². The summed E-state index contributed by atoms with van der Waals surface area (Å²) in [4.78, 5) is 37.6. The summed E-state index contributed by atoms with van der Waals surface area (Å²) < 4.78 is 0. The lowest BCUT2D eigenvalue weighted by atomic mass is 10.0. The molecule has 0 bridgehead atoms. The second kappa shape index (κ2) is 7.72. The Balaban J connectivity index is 2.35. The number of carbonyl (C=O) groups is 3. The molecule has 1 saturated heterocycles. The van der Waals surface area contributed by atoms with Gasteiger partial charge in [-0.2, -0.15) is 0 Å². The monoisotopic (exact) mass is 285 g/mol. The number of carbonyl (C=O) groups excluding carboxylic acids is 2. The van der Waals surface area contributed by atoms with Gasteiger partial charge in [0.2, 0.25) is 5.91 Å². The molecule has 1 heterocycles. The number of aliphatic carboxylic acids is 1. The highest BCUT2D eigenvalue weighted by Crippen LogP contribution is 2.12. The number of nitrogens with zero attached hydrogens (tertiary/aromatic N) is 2. The van der Waals surface area contributed by atoms with Gasteiger partial charge in [0.25, 0.3) is 0 Å². The maximum atomic E-state index is 12.0. The molecule has 1 atom stereocenters. The van der Waals surface area contributed by atoms with Crippen LogP contribution in [-0.4, -0.2) is 65.5 Å². The smallest absolute Gasteiger partial charge is 0.317 e. The van der Waals surface area contributed by atoms with E-state index in [4.69, 9.17) is 5.11 Å². The summed E-state index contributed by atoms with van der Waals surface area (Å²) in [5.74, 6) is -1.08. The van der Waals surface area contributed by atoms with Crippen molar-refractivity contribution in [2.75, 3.05) is 32.7 Å². The molecule has 1 aliphatic rings. The SMILES string of the molecule is CCNC(=O)N1CCN(C(=O)CC(C)CC(=O)O)CC1. The molecule has 0 aliphatic carbocycles. The lowest BCUT2D eigenvalue weighted by molar-refractivity contribution is -0.138. The fourth-order valence-corrected chi connectivity index (χ4v) is 2.22. The molecule has 3 amide bonds. The van der Waals surface area contributed by atoms with Crippen molar-refractivity contribution in [1.29, 1.82) is 0 Å². The van der Waals surface area contributed by atoms with E-state index in [0.29, 0.717) is 32.7 Å². The topological polar surface area (TPSA) is 90.0 Å². The van der Waals surface area contributed by atoms with E-state index in [1.54, 1.807) is 16.7 Å². The third kappa shape index (κ3) is 5.07. The first-order valence-electron chi connectivity index (χ1n) is 6.96. The molecule has 114 valence electrons. The van der Waals surface area contributed by atoms with E-state index in [1.807, 2.05) is 6.92 Å². The maximum Gasteiger partial charge on any atom is 0.317 e. The van der Waals surface area contributed by atoms with Gasteiger partial charge in [-0.25, -0.2) is 4.79 Å². The molecule has 1 unspecified atom stereocenters. The third-order valence-electron chi connectivity index (χ3n) is 3.29. The molecule has 0 saturated carbocycles. The van der Waals surface area contributed by atoms with E-state index in [-0.39, 0.29) is 30.7 Å². The van der Waals surface area contributed by atoms with E-state index >= 15 is 0 Å². The standard InChI is InChI=1S/C13H23N3O4/c1-3-14-13(20)16-6-4-15(5-7-16)11(17)8-10(2)9-12(18)19/h10H,3-9H2,1-2H3,(H,14,20)(H,18,19). The molecule has 0 radical (unpaired) electrons. The molecule has 1 rings (SSSR count). The quantitative estimate of drug-likeness (QED) is 0.763. The summed E-state index contributed by atoms with van der Waals surface area (Å²) in [5.41, 5.74) is 0. The summed E-state index contributed by atoms with van der Waals surface area (Å²) in [6, 6.07) is -0.0983. The van der Waals surface area contributed by atoms with Crippen molar-refractivity contribution in [3.8, 4) is 0 Å². The van der Waals surface area contributed by atoms with Gasteiger partial charge >= 0.3 is 12.0 Å². The van der Waals surface area contributed by atoms with Crippen LogP contribution in [0.15, 0.2) is 0 Å². The second-order valence-electron chi connectivity index (χ2n) is 5.11. The van der Waals surface area contributed by atoms with Crippen LogP contribution in [-0.2, 0) is 9.59 Å². The largest absolute Gasteiger partial charge is 0.481 e. The van der Waals surface area contributed by atoms with Crippen LogP contribution in [0.5, 0.6) is 0 Å². The van der Waals surface area contributed by atoms with E-state index in [0.717, 1.165) is 0 Å². The molecule has 7 nitrogen and oxygen atoms in total. The molecule has 7 heteroatoms. The van der Waals surface area contributed by atoms with Crippen LogP contribution in [0.25, 0.3) is 0 Å². The van der Waals surface area contributed by atoms with Crippen LogP contribution in [0, 0.1) is 5.92 Å². The van der Waals surface area contributed by atoms with Crippen molar-refractivity contribution in [2.24, 2.45) is 5.92 Å². The minimum atomic E-state index is -0.883. The highest BCUT2D eigenvalue weighted by atomic mass is 16.4. The maximum absolute atomic E-state index is 12.0. The van der Waals surface area contributed by atoms with Gasteiger partial charge in [0.15, 0.2) is 0 Å². The molecular weight excluding hydrogens is 262 g/mol. The Morgan fingerprint density at radius 3 is 2.15 bits per heavy atom. The molecule has 0 aromatic rings. The number of piperazine rings is 1. The summed E-state index contributed by atoms with van der Waals surface area (Å²) in [6.45, 7) is 6.27. The van der Waals surface area contributed by atoms with Crippen molar-refractivity contribution < 1.29 is 19.5 Å². The van der Waals surface area contributed by atoms with Gasteiger partial charge < -0.3 is 20.2 Å². The minimum absolute atomic E-state index is 0.00457. The first kappa shape index (κ1) is 16.3. The number of rotatable bonds is 5. The Kier molecular flexibility index (Phi) is 6.27. The van der Waals surface area contributed by atoms with Gasteiger partial charge in [-0.3, -0.25) is 9.59 Å². The third-order valence-corrected chi connectivity index (χ3v) is 3.29. The van der Waals surface area contributed by atoms with Crippen LogP contribution < -0.4 is 5.32 Å². The molecule has 2 N–H and O–H groups in total. The first-order valence-corrected chi connectivity index (χ1v) is 6.96. The van der Waals surface area contributed by atoms with Crippen LogP contribution >= 0.6 is 0 Å². The summed E-state index contributed by atoms with van der Waals surface area (Å²) >= 11 is 0. The van der Waals surface area contributed by atoms with Crippen LogP contribution in [0.1, 0.15) is 26.7 Å². The van der Waals surface area contributed by atoms with E-state index in [9.17, 15) is 14.4 Å². The van der Waals surface area contributed by atoms with Crippen molar-refractivity contribution in [1.82, 2.24) is 15.1 Å². The number of hydrogen-bond donors (Lipinski definition) is 2.